The van der Waals surface area contributed by atoms with Gasteiger partial charge >= 0.3 is 0 Å². The van der Waals surface area contributed by atoms with E-state index in [9.17, 15) is 14.0 Å². The summed E-state index contributed by atoms with van der Waals surface area (Å²) in [7, 11) is 0. The van der Waals surface area contributed by atoms with E-state index in [0.717, 1.165) is 49.8 Å². The van der Waals surface area contributed by atoms with Gasteiger partial charge in [-0.15, -0.1) is 0 Å². The molecule has 0 bridgehead atoms. The summed E-state index contributed by atoms with van der Waals surface area (Å²) in [5.74, 6) is -0.337. The van der Waals surface area contributed by atoms with Crippen molar-refractivity contribution in [1.29, 1.82) is 0 Å². The van der Waals surface area contributed by atoms with Crippen LogP contribution in [0, 0.1) is 5.82 Å². The number of aromatic nitrogens is 1. The van der Waals surface area contributed by atoms with Gasteiger partial charge in [0.05, 0.1) is 6.54 Å². The van der Waals surface area contributed by atoms with Crippen molar-refractivity contribution >= 4 is 11.8 Å². The molecule has 0 radical (unpaired) electrons. The Kier molecular flexibility index (Phi) is 9.52. The maximum absolute atomic E-state index is 13.9. The maximum atomic E-state index is 13.9. The minimum Gasteiger partial charge on any atom is -0.345 e. The number of unbranched alkanes of at least 4 members (excludes halogenated alkanes) is 1. The number of benzene rings is 2. The molecule has 1 aliphatic carbocycles. The molecule has 1 aromatic heterocycles. The summed E-state index contributed by atoms with van der Waals surface area (Å²) in [6.07, 6.45) is 9.24. The lowest BCUT2D eigenvalue weighted by molar-refractivity contribution is -0.135. The molecule has 37 heavy (non-hydrogen) atoms. The Morgan fingerprint density at radius 1 is 0.946 bits per heavy atom. The van der Waals surface area contributed by atoms with Crippen LogP contribution in [0.25, 0.3) is 0 Å². The molecule has 2 amide bonds. The highest BCUT2D eigenvalue weighted by Gasteiger charge is 2.29. The highest BCUT2D eigenvalue weighted by Crippen LogP contribution is 2.25. The van der Waals surface area contributed by atoms with Crippen LogP contribution in [0.3, 0.4) is 0 Å². The van der Waals surface area contributed by atoms with Crippen molar-refractivity contribution in [1.82, 2.24) is 14.4 Å². The molecule has 0 saturated heterocycles. The van der Waals surface area contributed by atoms with Gasteiger partial charge in [-0.05, 0) is 61.2 Å². The number of halogens is 1. The van der Waals surface area contributed by atoms with Gasteiger partial charge in [-0.25, -0.2) is 4.39 Å². The fraction of sp³-hybridized carbons (Fsp3) is 0.419. The molecule has 2 aromatic carbocycles. The molecule has 0 spiro atoms. The normalized spacial score (nSPS) is 13.9. The minimum atomic E-state index is -0.247. The quantitative estimate of drug-likeness (QED) is 0.309. The SMILES string of the molecule is CCCCN(CC(=O)N(Cc1cccn1Cc1ccc(F)cc1)C1CCCCC1)C(=O)c1ccccc1. The highest BCUT2D eigenvalue weighted by atomic mass is 19.1. The predicted octanol–water partition coefficient (Wildman–Crippen LogP) is 6.28. The second kappa shape index (κ2) is 13.2. The van der Waals surface area contributed by atoms with Crippen LogP contribution in [-0.4, -0.2) is 45.3 Å². The summed E-state index contributed by atoms with van der Waals surface area (Å²) >= 11 is 0. The summed E-state index contributed by atoms with van der Waals surface area (Å²) in [5.41, 5.74) is 2.66. The van der Waals surface area contributed by atoms with E-state index in [4.69, 9.17) is 0 Å². The summed E-state index contributed by atoms with van der Waals surface area (Å²) in [5, 5.41) is 0. The van der Waals surface area contributed by atoms with Gasteiger partial charge in [0.1, 0.15) is 12.4 Å². The van der Waals surface area contributed by atoms with E-state index in [1.54, 1.807) is 17.0 Å². The fourth-order valence-corrected chi connectivity index (χ4v) is 5.14. The van der Waals surface area contributed by atoms with Gasteiger partial charge in [0, 0.05) is 36.6 Å². The number of carbonyl (C=O) groups excluding carboxylic acids is 2. The highest BCUT2D eigenvalue weighted by molar-refractivity contribution is 5.96. The molecule has 1 heterocycles. The average Bonchev–Trinajstić information content (AvgIpc) is 3.37. The smallest absolute Gasteiger partial charge is 0.254 e. The number of rotatable bonds is 11. The number of hydrogen-bond acceptors (Lipinski definition) is 2. The Labute approximate surface area is 219 Å². The third-order valence-electron chi connectivity index (χ3n) is 7.27. The van der Waals surface area contributed by atoms with Crippen molar-refractivity contribution in [3.05, 3.63) is 95.6 Å². The van der Waals surface area contributed by atoms with Gasteiger partial charge in [0.2, 0.25) is 5.91 Å². The number of carbonyl (C=O) groups is 2. The van der Waals surface area contributed by atoms with E-state index in [0.29, 0.717) is 25.2 Å². The van der Waals surface area contributed by atoms with E-state index in [1.165, 1.54) is 18.6 Å². The first-order valence-corrected chi connectivity index (χ1v) is 13.6. The van der Waals surface area contributed by atoms with Crippen LogP contribution in [0.4, 0.5) is 4.39 Å². The molecule has 3 aromatic rings. The van der Waals surface area contributed by atoms with Gasteiger partial charge < -0.3 is 14.4 Å². The number of amides is 2. The maximum Gasteiger partial charge on any atom is 0.254 e. The van der Waals surface area contributed by atoms with Crippen molar-refractivity contribution in [2.45, 2.75) is 71.0 Å². The zero-order valence-corrected chi connectivity index (χ0v) is 21.8. The molecule has 1 fully saturated rings. The van der Waals surface area contributed by atoms with E-state index >= 15 is 0 Å². The van der Waals surface area contributed by atoms with Crippen LogP contribution in [-0.2, 0) is 17.9 Å². The molecule has 0 unspecified atom stereocenters. The van der Waals surface area contributed by atoms with Crippen LogP contribution < -0.4 is 0 Å². The molecular weight excluding hydrogens is 465 g/mol. The summed E-state index contributed by atoms with van der Waals surface area (Å²) in [6, 6.07) is 20.0. The summed E-state index contributed by atoms with van der Waals surface area (Å²) in [4.78, 5) is 30.9. The second-order valence-corrected chi connectivity index (χ2v) is 10.0. The largest absolute Gasteiger partial charge is 0.345 e. The standard InChI is InChI=1S/C31H38FN3O2/c1-2-3-20-34(31(37)26-11-6-4-7-12-26)24-30(36)35(28-13-8-5-9-14-28)23-29-15-10-21-33(29)22-25-16-18-27(32)19-17-25/h4,6-7,10-12,15-19,21,28H,2-3,5,8-9,13-14,20,22-24H2,1H3. The van der Waals surface area contributed by atoms with Crippen molar-refractivity contribution in [3.63, 3.8) is 0 Å². The minimum absolute atomic E-state index is 0.00168. The number of nitrogens with zero attached hydrogens (tertiary/aromatic N) is 3. The van der Waals surface area contributed by atoms with Gasteiger partial charge in [0.15, 0.2) is 0 Å². The Balaban J connectivity index is 1.53. The van der Waals surface area contributed by atoms with Crippen molar-refractivity contribution in [2.75, 3.05) is 13.1 Å². The summed E-state index contributed by atoms with van der Waals surface area (Å²) in [6.45, 7) is 3.86. The lowest BCUT2D eigenvalue weighted by atomic mass is 9.94. The lowest BCUT2D eigenvalue weighted by Crippen LogP contribution is -2.47. The molecule has 6 heteroatoms. The Hall–Kier alpha value is -3.41. The van der Waals surface area contributed by atoms with Crippen LogP contribution in [0.15, 0.2) is 72.9 Å². The second-order valence-electron chi connectivity index (χ2n) is 10.0. The molecule has 0 aliphatic heterocycles. The van der Waals surface area contributed by atoms with E-state index < -0.39 is 0 Å². The van der Waals surface area contributed by atoms with Crippen molar-refractivity contribution in [3.8, 4) is 0 Å². The molecule has 5 nitrogen and oxygen atoms in total. The topological polar surface area (TPSA) is 45.6 Å². The Bertz CT molecular complexity index is 1140. The van der Waals surface area contributed by atoms with E-state index in [2.05, 4.69) is 17.6 Å². The Morgan fingerprint density at radius 3 is 2.38 bits per heavy atom. The zero-order valence-electron chi connectivity index (χ0n) is 21.8. The lowest BCUT2D eigenvalue weighted by Gasteiger charge is -2.36. The van der Waals surface area contributed by atoms with Gasteiger partial charge in [0.25, 0.3) is 5.91 Å². The van der Waals surface area contributed by atoms with Crippen molar-refractivity contribution < 1.29 is 14.0 Å². The van der Waals surface area contributed by atoms with E-state index in [1.807, 2.05) is 47.5 Å². The van der Waals surface area contributed by atoms with Crippen LogP contribution in [0.2, 0.25) is 0 Å². The van der Waals surface area contributed by atoms with Gasteiger partial charge in [-0.2, -0.15) is 0 Å². The monoisotopic (exact) mass is 503 g/mol. The average molecular weight is 504 g/mol. The third kappa shape index (κ3) is 7.31. The first kappa shape index (κ1) is 26.6. The van der Waals surface area contributed by atoms with Crippen LogP contribution in [0.5, 0.6) is 0 Å². The third-order valence-corrected chi connectivity index (χ3v) is 7.27. The summed E-state index contributed by atoms with van der Waals surface area (Å²) < 4.78 is 15.5. The van der Waals surface area contributed by atoms with Crippen molar-refractivity contribution in [2.24, 2.45) is 0 Å². The first-order valence-electron chi connectivity index (χ1n) is 13.6. The molecule has 1 aliphatic rings. The molecule has 1 saturated carbocycles. The van der Waals surface area contributed by atoms with Crippen LogP contribution in [0.1, 0.15) is 73.5 Å². The zero-order chi connectivity index (χ0) is 26.0. The number of hydrogen-bond donors (Lipinski definition) is 0. The fourth-order valence-electron chi connectivity index (χ4n) is 5.14. The van der Waals surface area contributed by atoms with Gasteiger partial charge in [-0.3, -0.25) is 9.59 Å². The van der Waals surface area contributed by atoms with Gasteiger partial charge in [-0.1, -0.05) is 62.9 Å². The van der Waals surface area contributed by atoms with E-state index in [-0.39, 0.29) is 30.2 Å². The molecule has 0 N–H and O–H groups in total. The molecule has 4 rings (SSSR count). The van der Waals surface area contributed by atoms with Crippen LogP contribution >= 0.6 is 0 Å². The molecular formula is C31H38FN3O2. The Morgan fingerprint density at radius 2 is 1.68 bits per heavy atom. The first-order chi connectivity index (χ1) is 18.0. The molecule has 196 valence electrons. The predicted molar refractivity (Wildman–Crippen MR) is 145 cm³/mol. The molecule has 0 atom stereocenters.